The SMILES string of the molecule is Cc1ccc(S(=O)(=O)C[C@@H](C[N+](=O)[O-])[C@H]2O[C@@H]3OC(C)(C)O[C@@H]3[C@@H]2OCc2ccccc2)cc1. The number of benzene rings is 2. The van der Waals surface area contributed by atoms with Crippen molar-refractivity contribution in [1.82, 2.24) is 0 Å². The molecule has 9 nitrogen and oxygen atoms in total. The highest BCUT2D eigenvalue weighted by atomic mass is 32.2. The van der Waals surface area contributed by atoms with E-state index in [0.29, 0.717) is 0 Å². The minimum absolute atomic E-state index is 0.111. The monoisotopic (exact) mass is 491 g/mol. The van der Waals surface area contributed by atoms with Gasteiger partial charge < -0.3 is 18.9 Å². The fourth-order valence-corrected chi connectivity index (χ4v) is 6.01. The van der Waals surface area contributed by atoms with Crippen LogP contribution in [0.15, 0.2) is 59.5 Å². The number of ether oxygens (including phenoxy) is 4. The summed E-state index contributed by atoms with van der Waals surface area (Å²) >= 11 is 0. The first-order chi connectivity index (χ1) is 16.0. The van der Waals surface area contributed by atoms with Crippen molar-refractivity contribution >= 4 is 9.84 Å². The van der Waals surface area contributed by atoms with E-state index in [4.69, 9.17) is 18.9 Å². The first kappa shape index (κ1) is 24.7. The Balaban J connectivity index is 1.60. The molecule has 0 saturated carbocycles. The van der Waals surface area contributed by atoms with Gasteiger partial charge in [-0.15, -0.1) is 0 Å². The predicted octanol–water partition coefficient (Wildman–Crippen LogP) is 3.12. The molecular formula is C24H29NO8S. The average molecular weight is 492 g/mol. The Morgan fingerprint density at radius 3 is 2.41 bits per heavy atom. The zero-order valence-electron chi connectivity index (χ0n) is 19.3. The van der Waals surface area contributed by atoms with Crippen LogP contribution in [0.1, 0.15) is 25.0 Å². The van der Waals surface area contributed by atoms with Crippen LogP contribution in [0.5, 0.6) is 0 Å². The topological polar surface area (TPSA) is 114 Å². The van der Waals surface area contributed by atoms with Crippen LogP contribution in [-0.2, 0) is 35.4 Å². The van der Waals surface area contributed by atoms with Gasteiger partial charge in [-0.25, -0.2) is 8.42 Å². The number of nitro groups is 1. The molecule has 2 aromatic rings. The molecule has 0 radical (unpaired) electrons. The number of rotatable bonds is 9. The van der Waals surface area contributed by atoms with E-state index in [9.17, 15) is 18.5 Å². The van der Waals surface area contributed by atoms with Crippen molar-refractivity contribution in [3.8, 4) is 0 Å². The molecule has 34 heavy (non-hydrogen) atoms. The van der Waals surface area contributed by atoms with E-state index in [2.05, 4.69) is 0 Å². The molecule has 0 bridgehead atoms. The standard InChI is InChI=1S/C24H29NO8S/c1-16-9-11-19(12-10-16)34(28,29)15-18(13-25(26)27)20-21(30-14-17-7-5-4-6-8-17)22-23(31-20)33-24(2,3)32-22/h4-12,18,20-23H,13-15H2,1-3H3/t18-,20-,21-,22-,23-/m1/s1. The quantitative estimate of drug-likeness (QED) is 0.388. The van der Waals surface area contributed by atoms with E-state index in [1.165, 1.54) is 12.1 Å². The molecule has 0 N–H and O–H groups in total. The summed E-state index contributed by atoms with van der Waals surface area (Å²) in [5.74, 6) is -2.35. The summed E-state index contributed by atoms with van der Waals surface area (Å²) < 4.78 is 50.3. The van der Waals surface area contributed by atoms with Crippen molar-refractivity contribution in [2.45, 2.75) is 62.7 Å². The largest absolute Gasteiger partial charge is 0.368 e. The van der Waals surface area contributed by atoms with Gasteiger partial charge in [0.2, 0.25) is 6.54 Å². The zero-order valence-corrected chi connectivity index (χ0v) is 20.1. The molecule has 2 heterocycles. The van der Waals surface area contributed by atoms with Gasteiger partial charge in [0.1, 0.15) is 12.2 Å². The van der Waals surface area contributed by atoms with Gasteiger partial charge in [-0.05, 0) is 38.5 Å². The van der Waals surface area contributed by atoms with Gasteiger partial charge >= 0.3 is 0 Å². The lowest BCUT2D eigenvalue weighted by atomic mass is 9.98. The van der Waals surface area contributed by atoms with Crippen LogP contribution in [0.25, 0.3) is 0 Å². The highest BCUT2D eigenvalue weighted by Gasteiger charge is 2.58. The first-order valence-corrected chi connectivity index (χ1v) is 12.8. The molecule has 10 heteroatoms. The van der Waals surface area contributed by atoms with E-state index < -0.39 is 63.4 Å². The van der Waals surface area contributed by atoms with Crippen LogP contribution >= 0.6 is 0 Å². The fourth-order valence-electron chi connectivity index (χ4n) is 4.41. The third-order valence-electron chi connectivity index (χ3n) is 5.97. The number of nitrogens with zero attached hydrogens (tertiary/aromatic N) is 1. The minimum atomic E-state index is -3.82. The molecule has 2 aliphatic rings. The Morgan fingerprint density at radius 1 is 1.09 bits per heavy atom. The first-order valence-electron chi connectivity index (χ1n) is 11.1. The van der Waals surface area contributed by atoms with Crippen molar-refractivity contribution in [3.05, 3.63) is 75.8 Å². The second-order valence-electron chi connectivity index (χ2n) is 9.20. The van der Waals surface area contributed by atoms with Gasteiger partial charge in [0.15, 0.2) is 21.9 Å². The van der Waals surface area contributed by atoms with E-state index in [-0.39, 0.29) is 11.5 Å². The van der Waals surface area contributed by atoms with Crippen molar-refractivity contribution in [1.29, 1.82) is 0 Å². The number of fused-ring (bicyclic) bond motifs is 1. The molecule has 2 aliphatic heterocycles. The normalized spacial score (nSPS) is 26.8. The Kier molecular flexibility index (Phi) is 7.07. The summed E-state index contributed by atoms with van der Waals surface area (Å²) in [7, 11) is -3.82. The minimum Gasteiger partial charge on any atom is -0.368 e. The Morgan fingerprint density at radius 2 is 1.76 bits per heavy atom. The highest BCUT2D eigenvalue weighted by molar-refractivity contribution is 7.91. The summed E-state index contributed by atoms with van der Waals surface area (Å²) in [5, 5.41) is 11.5. The molecule has 184 valence electrons. The van der Waals surface area contributed by atoms with E-state index >= 15 is 0 Å². The number of sulfone groups is 1. The zero-order chi connectivity index (χ0) is 24.5. The maximum Gasteiger partial charge on any atom is 0.210 e. The summed E-state index contributed by atoms with van der Waals surface area (Å²) in [6, 6.07) is 15.9. The third kappa shape index (κ3) is 5.64. The van der Waals surface area contributed by atoms with E-state index in [1.54, 1.807) is 26.0 Å². The molecule has 5 atom stereocenters. The highest BCUT2D eigenvalue weighted by Crippen LogP contribution is 2.41. The van der Waals surface area contributed by atoms with Crippen LogP contribution in [0.4, 0.5) is 0 Å². The summed E-state index contributed by atoms with van der Waals surface area (Å²) in [6.45, 7) is 4.97. The second-order valence-corrected chi connectivity index (χ2v) is 11.2. The lowest BCUT2D eigenvalue weighted by Gasteiger charge is -2.29. The molecule has 2 fully saturated rings. The molecule has 4 rings (SSSR count). The lowest BCUT2D eigenvalue weighted by Crippen LogP contribution is -2.44. The van der Waals surface area contributed by atoms with Gasteiger partial charge in [-0.3, -0.25) is 10.1 Å². The third-order valence-corrected chi connectivity index (χ3v) is 7.83. The maximum atomic E-state index is 13.1. The Bertz CT molecular complexity index is 1100. The predicted molar refractivity (Wildman–Crippen MR) is 122 cm³/mol. The maximum absolute atomic E-state index is 13.1. The lowest BCUT2D eigenvalue weighted by molar-refractivity contribution is -0.490. The summed E-state index contributed by atoms with van der Waals surface area (Å²) in [6.07, 6.45) is -3.09. The van der Waals surface area contributed by atoms with Crippen LogP contribution in [0.2, 0.25) is 0 Å². The molecular weight excluding hydrogens is 462 g/mol. The fraction of sp³-hybridized carbons (Fsp3) is 0.500. The Labute approximate surface area is 199 Å². The van der Waals surface area contributed by atoms with Crippen molar-refractivity contribution in [3.63, 3.8) is 0 Å². The van der Waals surface area contributed by atoms with Gasteiger partial charge in [0.25, 0.3) is 0 Å². The van der Waals surface area contributed by atoms with Gasteiger partial charge in [-0.2, -0.15) is 0 Å². The summed E-state index contributed by atoms with van der Waals surface area (Å²) in [4.78, 5) is 11.1. The molecule has 0 aromatic heterocycles. The van der Waals surface area contributed by atoms with Crippen molar-refractivity contribution in [2.24, 2.45) is 5.92 Å². The van der Waals surface area contributed by atoms with E-state index in [1.807, 2.05) is 37.3 Å². The number of aryl methyl sites for hydroxylation is 1. The van der Waals surface area contributed by atoms with Crippen LogP contribution < -0.4 is 0 Å². The number of hydrogen-bond acceptors (Lipinski definition) is 8. The molecule has 0 amide bonds. The Hall–Kier alpha value is -2.37. The van der Waals surface area contributed by atoms with Crippen LogP contribution in [0, 0.1) is 23.0 Å². The van der Waals surface area contributed by atoms with Crippen molar-refractivity contribution < 1.29 is 32.3 Å². The van der Waals surface area contributed by atoms with Crippen molar-refractivity contribution in [2.75, 3.05) is 12.3 Å². The smallest absolute Gasteiger partial charge is 0.210 e. The molecule has 0 spiro atoms. The summed E-state index contributed by atoms with van der Waals surface area (Å²) in [5.41, 5.74) is 1.82. The second kappa shape index (κ2) is 9.71. The molecule has 0 unspecified atom stereocenters. The van der Waals surface area contributed by atoms with Crippen LogP contribution in [0.3, 0.4) is 0 Å². The number of hydrogen-bond donors (Lipinski definition) is 0. The average Bonchev–Trinajstić information content (AvgIpc) is 3.24. The molecule has 0 aliphatic carbocycles. The van der Waals surface area contributed by atoms with Gasteiger partial charge in [0.05, 0.1) is 29.3 Å². The van der Waals surface area contributed by atoms with E-state index in [0.717, 1.165) is 11.1 Å². The molecule has 2 aromatic carbocycles. The van der Waals surface area contributed by atoms with Gasteiger partial charge in [-0.1, -0.05) is 48.0 Å². The molecule has 2 saturated heterocycles. The van der Waals surface area contributed by atoms with Crippen LogP contribution in [-0.4, -0.2) is 56.0 Å². The van der Waals surface area contributed by atoms with Gasteiger partial charge in [0, 0.05) is 4.92 Å².